The number of hydrogen-bond acceptors (Lipinski definition) is 12. The predicted molar refractivity (Wildman–Crippen MR) is 41.7 cm³/mol. The Morgan fingerprint density at radius 2 is 0.500 bits per heavy atom. The molecule has 0 rings (SSSR count). The van der Waals surface area contributed by atoms with Crippen molar-refractivity contribution in [3.63, 3.8) is 0 Å². The summed E-state index contributed by atoms with van der Waals surface area (Å²) >= 11 is 0. The fourth-order valence-corrected chi connectivity index (χ4v) is 0. The van der Waals surface area contributed by atoms with Gasteiger partial charge in [0.1, 0.15) is 0 Å². The van der Waals surface area contributed by atoms with Gasteiger partial charge in [0.25, 0.3) is 0 Å². The van der Waals surface area contributed by atoms with E-state index in [0.29, 0.717) is 0 Å². The summed E-state index contributed by atoms with van der Waals surface area (Å²) in [5, 5.41) is 0. The number of hydrogen-bond donors (Lipinski definition) is 11. The van der Waals surface area contributed by atoms with Crippen LogP contribution in [0.4, 0.5) is 0 Å². The molecule has 11 N–H and O–H groups in total. The molecule has 0 aliphatic heterocycles. The van der Waals surface area contributed by atoms with Crippen molar-refractivity contribution >= 4 is 27.1 Å². The second-order valence-corrected chi connectivity index (χ2v) is 5.32. The van der Waals surface area contributed by atoms with Crippen molar-refractivity contribution in [2.75, 3.05) is 0 Å². The van der Waals surface area contributed by atoms with Crippen LogP contribution in [0.15, 0.2) is 0 Å². The molecule has 0 aliphatic carbocycles. The fourth-order valence-electron chi connectivity index (χ4n) is 0. The normalized spacial score (nSPS) is 11.2. The molecule has 0 fully saturated rings. The summed E-state index contributed by atoms with van der Waals surface area (Å²) in [6, 6.07) is 0. The van der Waals surface area contributed by atoms with Crippen molar-refractivity contribution in [2.24, 2.45) is 0 Å². The van der Waals surface area contributed by atoms with Crippen molar-refractivity contribution in [1.29, 1.82) is 0 Å². The van der Waals surface area contributed by atoms with Crippen LogP contribution in [0.25, 0.3) is 0 Å². The third-order valence-electron chi connectivity index (χ3n) is 0. The summed E-state index contributed by atoms with van der Waals surface area (Å²) in [5.41, 5.74) is 0. The van der Waals surface area contributed by atoms with Crippen molar-refractivity contribution in [3.8, 4) is 0 Å². The van der Waals surface area contributed by atoms with E-state index in [0.717, 1.165) is 0 Å². The smallest absolute Gasteiger partial charge is 0.794 e. The van der Waals surface area contributed by atoms with E-state index in [9.17, 15) is 0 Å². The standard InChI is InChI=1S/Li.2H4O4Si.H3O4Si/c;3*1-5(2,3)4/h;2*1-4H;1-3H/q+1;;;-1. The second kappa shape index (κ2) is 9.76. The van der Waals surface area contributed by atoms with Gasteiger partial charge in [-0.1, -0.05) is 0 Å². The van der Waals surface area contributed by atoms with E-state index < -0.39 is 27.1 Å². The zero-order valence-electron chi connectivity index (χ0n) is 7.83. The Hall–Kier alpha value is 0.768. The Morgan fingerprint density at radius 3 is 0.500 bits per heavy atom. The van der Waals surface area contributed by atoms with Gasteiger partial charge in [0.05, 0.1) is 0 Å². The summed E-state index contributed by atoms with van der Waals surface area (Å²) in [4.78, 5) is 89.2. The molecule has 96 valence electrons. The maximum Gasteiger partial charge on any atom is 1.00 e. The maximum absolute atomic E-state index is 8.91. The Balaban J connectivity index is -0.0000000655. The van der Waals surface area contributed by atoms with E-state index in [1.165, 1.54) is 0 Å². The molecule has 0 aliphatic rings. The fraction of sp³-hybridized carbons (Fsp3) is 0. The van der Waals surface area contributed by atoms with Crippen LogP contribution in [0.1, 0.15) is 0 Å². The van der Waals surface area contributed by atoms with E-state index in [2.05, 4.69) is 0 Å². The SMILES string of the molecule is O[Si](O)(O)O.O[Si](O)(O)O.[Li+].[O-][Si](O)(O)O. The Labute approximate surface area is 104 Å². The molecule has 0 amide bonds. The first kappa shape index (κ1) is 25.6. The molecule has 0 radical (unpaired) electrons. The van der Waals surface area contributed by atoms with Crippen LogP contribution in [0, 0.1) is 0 Å². The van der Waals surface area contributed by atoms with Gasteiger partial charge < -0.3 is 57.5 Å². The van der Waals surface area contributed by atoms with Crippen LogP contribution in [0.3, 0.4) is 0 Å². The van der Waals surface area contributed by atoms with Crippen molar-refractivity contribution in [2.45, 2.75) is 0 Å². The quantitative estimate of drug-likeness (QED) is 0.186. The van der Waals surface area contributed by atoms with Crippen LogP contribution >= 0.6 is 0 Å². The minimum atomic E-state index is -4.86. The Kier molecular flexibility index (Phi) is 15.6. The van der Waals surface area contributed by atoms with Crippen LogP contribution in [-0.2, 0) is 0 Å². The van der Waals surface area contributed by atoms with Gasteiger partial charge in [-0.3, -0.25) is 0 Å². The molecule has 12 nitrogen and oxygen atoms in total. The van der Waals surface area contributed by atoms with E-state index >= 15 is 0 Å². The van der Waals surface area contributed by atoms with Gasteiger partial charge in [0.15, 0.2) is 0 Å². The second-order valence-electron chi connectivity index (χ2n) is 1.77. The van der Waals surface area contributed by atoms with E-state index in [-0.39, 0.29) is 18.9 Å². The monoisotopic (exact) mass is 294 g/mol. The van der Waals surface area contributed by atoms with Crippen LogP contribution in [0.2, 0.25) is 0 Å². The van der Waals surface area contributed by atoms with E-state index in [1.54, 1.807) is 0 Å². The van der Waals surface area contributed by atoms with Crippen LogP contribution in [0.5, 0.6) is 0 Å². The molecule has 0 spiro atoms. The van der Waals surface area contributed by atoms with Crippen molar-refractivity contribution < 1.29 is 76.4 Å². The summed E-state index contributed by atoms with van der Waals surface area (Å²) < 4.78 is 0. The molecule has 0 heterocycles. The third-order valence-corrected chi connectivity index (χ3v) is 0. The summed E-state index contributed by atoms with van der Waals surface area (Å²) in [5.74, 6) is 0. The van der Waals surface area contributed by atoms with Crippen molar-refractivity contribution in [1.82, 2.24) is 0 Å². The first-order valence-corrected chi connectivity index (χ1v) is 7.99. The Morgan fingerprint density at radius 1 is 0.500 bits per heavy atom. The molecule has 0 aromatic heterocycles. The van der Waals surface area contributed by atoms with Gasteiger partial charge in [-0.15, -0.1) is 0 Å². The molecular formula is H11LiO12Si3. The van der Waals surface area contributed by atoms with E-state index in [1.807, 2.05) is 0 Å². The molecule has 0 aromatic rings. The first-order chi connectivity index (χ1) is 6.00. The van der Waals surface area contributed by atoms with Gasteiger partial charge in [0, 0.05) is 0 Å². The topological polar surface area (TPSA) is 246 Å². The number of rotatable bonds is 0. The molecule has 0 saturated carbocycles. The molecule has 0 bridgehead atoms. The Bertz CT molecular complexity index is 91.3. The zero-order chi connectivity index (χ0) is 13.5. The van der Waals surface area contributed by atoms with Crippen LogP contribution in [-0.4, -0.2) is 79.9 Å². The molecule has 0 atom stereocenters. The van der Waals surface area contributed by atoms with E-state index in [4.69, 9.17) is 57.5 Å². The van der Waals surface area contributed by atoms with Gasteiger partial charge >= 0.3 is 46.0 Å². The van der Waals surface area contributed by atoms with Gasteiger partial charge in [0.2, 0.25) is 0 Å². The molecular weight excluding hydrogens is 283 g/mol. The predicted octanol–water partition coefficient (Wildman–Crippen LogP) is -11.5. The molecule has 0 saturated heterocycles. The first-order valence-electron chi connectivity index (χ1n) is 2.66. The third kappa shape index (κ3) is 4750. The summed E-state index contributed by atoms with van der Waals surface area (Å²) in [6.07, 6.45) is 0. The zero-order valence-corrected chi connectivity index (χ0v) is 10.8. The van der Waals surface area contributed by atoms with Gasteiger partial charge in [-0.25, -0.2) is 0 Å². The largest absolute Gasteiger partial charge is 1.00 e. The minimum absolute atomic E-state index is 0. The summed E-state index contributed by atoms with van der Waals surface area (Å²) in [7, 11) is -14.1. The molecule has 16 heavy (non-hydrogen) atoms. The minimum Gasteiger partial charge on any atom is -0.794 e. The maximum atomic E-state index is 8.91. The van der Waals surface area contributed by atoms with Gasteiger partial charge in [-0.05, 0) is 0 Å². The average molecular weight is 294 g/mol. The summed E-state index contributed by atoms with van der Waals surface area (Å²) in [6.45, 7) is 0. The molecule has 16 heteroatoms. The van der Waals surface area contributed by atoms with Crippen LogP contribution < -0.4 is 23.7 Å². The van der Waals surface area contributed by atoms with Gasteiger partial charge in [-0.2, -0.15) is 0 Å². The molecule has 0 aromatic carbocycles. The average Bonchev–Trinajstić information content (AvgIpc) is 1.41. The molecule has 0 unspecified atom stereocenters. The van der Waals surface area contributed by atoms with Crippen molar-refractivity contribution in [3.05, 3.63) is 0 Å².